The van der Waals surface area contributed by atoms with E-state index in [9.17, 15) is 0 Å². The Hall–Kier alpha value is -0.540. The van der Waals surface area contributed by atoms with E-state index in [1.54, 1.807) is 6.20 Å². The molecular formula is C5H8ClN3. The minimum atomic E-state index is 0.109. The van der Waals surface area contributed by atoms with Crippen LogP contribution in [-0.2, 0) is 0 Å². The van der Waals surface area contributed by atoms with Crippen molar-refractivity contribution in [3.63, 3.8) is 0 Å². The molecule has 9 heavy (non-hydrogen) atoms. The first-order valence-electron chi connectivity index (χ1n) is 2.70. The van der Waals surface area contributed by atoms with Gasteiger partial charge in [0.05, 0.1) is 11.7 Å². The summed E-state index contributed by atoms with van der Waals surface area (Å²) in [7, 11) is 0. The predicted octanol–water partition coefficient (Wildman–Crippen LogP) is 1.21. The fourth-order valence-corrected chi connectivity index (χ4v) is 0.681. The molecule has 0 aliphatic carbocycles. The summed E-state index contributed by atoms with van der Waals surface area (Å²) in [6.45, 7) is 1.93. The number of H-pyrrole nitrogens is 1. The van der Waals surface area contributed by atoms with Gasteiger partial charge >= 0.3 is 0 Å². The lowest BCUT2D eigenvalue weighted by Gasteiger charge is -2.01. The third-order valence-corrected chi connectivity index (χ3v) is 1.46. The fourth-order valence-electron chi connectivity index (χ4n) is 0.569. The molecule has 0 saturated carbocycles. The average molecular weight is 146 g/mol. The molecule has 3 nitrogen and oxygen atoms in total. The number of aromatic nitrogens is 2. The van der Waals surface area contributed by atoms with Crippen molar-refractivity contribution in [2.75, 3.05) is 0 Å². The lowest BCUT2D eigenvalue weighted by Crippen LogP contribution is -2.06. The molecule has 50 valence electrons. The predicted molar refractivity (Wildman–Crippen MR) is 36.0 cm³/mol. The van der Waals surface area contributed by atoms with Crippen LogP contribution in [0.4, 0.5) is 0 Å². The summed E-state index contributed by atoms with van der Waals surface area (Å²) in [5, 5.41) is 6.61. The van der Waals surface area contributed by atoms with Crippen LogP contribution in [0.1, 0.15) is 18.7 Å². The molecule has 0 radical (unpaired) electrons. The van der Waals surface area contributed by atoms with Gasteiger partial charge in [-0.15, -0.1) is 0 Å². The summed E-state index contributed by atoms with van der Waals surface area (Å²) >= 11 is 5.34. The van der Waals surface area contributed by atoms with E-state index in [2.05, 4.69) is 15.0 Å². The molecule has 1 heterocycles. The molecule has 1 rings (SSSR count). The molecule has 0 aliphatic rings. The van der Waals surface area contributed by atoms with Crippen molar-refractivity contribution in [3.8, 4) is 0 Å². The third-order valence-electron chi connectivity index (χ3n) is 1.13. The molecular weight excluding hydrogens is 138 g/mol. The Morgan fingerprint density at radius 3 is 3.11 bits per heavy atom. The highest BCUT2D eigenvalue weighted by atomic mass is 35.5. The number of nitrogens with zero attached hydrogens (tertiary/aromatic N) is 1. The van der Waals surface area contributed by atoms with E-state index in [1.807, 2.05) is 13.0 Å². The van der Waals surface area contributed by atoms with Crippen molar-refractivity contribution in [1.82, 2.24) is 15.0 Å². The number of rotatable bonds is 2. The molecule has 2 N–H and O–H groups in total. The molecule has 0 saturated heterocycles. The Labute approximate surface area is 58.5 Å². The minimum Gasteiger partial charge on any atom is -0.285 e. The second kappa shape index (κ2) is 2.85. The molecule has 1 aromatic heterocycles. The first-order valence-corrected chi connectivity index (χ1v) is 3.08. The number of aromatic amines is 1. The fraction of sp³-hybridized carbons (Fsp3) is 0.400. The smallest absolute Gasteiger partial charge is 0.0801 e. The summed E-state index contributed by atoms with van der Waals surface area (Å²) in [4.78, 5) is 2.56. The van der Waals surface area contributed by atoms with Gasteiger partial charge in [-0.1, -0.05) is 0 Å². The molecule has 0 amide bonds. The third kappa shape index (κ3) is 1.43. The van der Waals surface area contributed by atoms with Crippen molar-refractivity contribution < 1.29 is 0 Å². The van der Waals surface area contributed by atoms with Crippen LogP contribution in [0.3, 0.4) is 0 Å². The molecule has 4 heteroatoms. The lowest BCUT2D eigenvalue weighted by atomic mass is 10.3. The van der Waals surface area contributed by atoms with E-state index in [-0.39, 0.29) is 6.04 Å². The summed E-state index contributed by atoms with van der Waals surface area (Å²) < 4.78 is 0. The summed E-state index contributed by atoms with van der Waals surface area (Å²) in [5.41, 5.74) is 0.921. The molecule has 0 bridgehead atoms. The van der Waals surface area contributed by atoms with Gasteiger partial charge in [-0.2, -0.15) is 5.10 Å². The van der Waals surface area contributed by atoms with Crippen molar-refractivity contribution in [1.29, 1.82) is 0 Å². The van der Waals surface area contributed by atoms with E-state index < -0.39 is 0 Å². The number of hydrogen-bond acceptors (Lipinski definition) is 2. The minimum absolute atomic E-state index is 0.109. The molecule has 0 aliphatic heterocycles. The second-order valence-electron chi connectivity index (χ2n) is 1.83. The highest BCUT2D eigenvalue weighted by molar-refractivity contribution is 6.13. The zero-order valence-electron chi connectivity index (χ0n) is 5.06. The normalized spacial score (nSPS) is 13.6. The van der Waals surface area contributed by atoms with Crippen molar-refractivity contribution in [3.05, 3.63) is 18.0 Å². The van der Waals surface area contributed by atoms with Gasteiger partial charge < -0.3 is 0 Å². The first-order chi connectivity index (χ1) is 4.34. The van der Waals surface area contributed by atoms with Crippen molar-refractivity contribution in [2.45, 2.75) is 13.0 Å². The molecule has 1 aromatic rings. The van der Waals surface area contributed by atoms with Gasteiger partial charge in [0, 0.05) is 6.20 Å². The number of nitrogens with one attached hydrogen (secondary N) is 2. The number of hydrogen-bond donors (Lipinski definition) is 2. The Bertz CT molecular complexity index is 161. The average Bonchev–Trinajstić information content (AvgIpc) is 2.37. The summed E-state index contributed by atoms with van der Waals surface area (Å²) in [6, 6.07) is 1.98. The Kier molecular flexibility index (Phi) is 2.08. The van der Waals surface area contributed by atoms with Gasteiger partial charge in [-0.25, -0.2) is 4.84 Å². The van der Waals surface area contributed by atoms with E-state index in [0.717, 1.165) is 5.69 Å². The van der Waals surface area contributed by atoms with Crippen molar-refractivity contribution >= 4 is 11.8 Å². The second-order valence-corrected chi connectivity index (χ2v) is 2.05. The summed E-state index contributed by atoms with van der Waals surface area (Å²) in [6.07, 6.45) is 1.76. The Morgan fingerprint density at radius 2 is 2.67 bits per heavy atom. The monoisotopic (exact) mass is 145 g/mol. The maximum Gasteiger partial charge on any atom is 0.0801 e. The highest BCUT2D eigenvalue weighted by Crippen LogP contribution is 2.06. The molecule has 0 unspecified atom stereocenters. The zero-order valence-corrected chi connectivity index (χ0v) is 5.81. The van der Waals surface area contributed by atoms with Gasteiger partial charge in [0.1, 0.15) is 0 Å². The maximum atomic E-state index is 5.34. The van der Waals surface area contributed by atoms with Crippen LogP contribution in [0.2, 0.25) is 0 Å². The Morgan fingerprint density at radius 1 is 1.89 bits per heavy atom. The zero-order chi connectivity index (χ0) is 6.69. The van der Waals surface area contributed by atoms with Crippen molar-refractivity contribution in [2.24, 2.45) is 0 Å². The van der Waals surface area contributed by atoms with E-state index in [0.29, 0.717) is 0 Å². The van der Waals surface area contributed by atoms with Crippen LogP contribution in [0.25, 0.3) is 0 Å². The van der Waals surface area contributed by atoms with Gasteiger partial charge in [0.25, 0.3) is 0 Å². The molecule has 1 atom stereocenters. The topological polar surface area (TPSA) is 40.7 Å². The quantitative estimate of drug-likeness (QED) is 0.615. The van der Waals surface area contributed by atoms with Crippen LogP contribution in [-0.4, -0.2) is 10.2 Å². The first kappa shape index (κ1) is 6.58. The van der Waals surface area contributed by atoms with E-state index >= 15 is 0 Å². The standard InChI is InChI=1S/C5H8ClN3/c1-4(8-6)5-2-3-7-9-5/h2-4,8H,1H3,(H,7,9)/t4-/m0/s1. The van der Waals surface area contributed by atoms with Crippen LogP contribution < -0.4 is 4.84 Å². The number of halogens is 1. The van der Waals surface area contributed by atoms with Gasteiger partial charge in [-0.05, 0) is 24.8 Å². The van der Waals surface area contributed by atoms with Crippen LogP contribution in [0.15, 0.2) is 12.3 Å². The van der Waals surface area contributed by atoms with Crippen LogP contribution in [0.5, 0.6) is 0 Å². The van der Waals surface area contributed by atoms with E-state index in [1.165, 1.54) is 0 Å². The van der Waals surface area contributed by atoms with Crippen LogP contribution >= 0.6 is 11.8 Å². The van der Waals surface area contributed by atoms with E-state index in [4.69, 9.17) is 11.8 Å². The highest BCUT2D eigenvalue weighted by Gasteiger charge is 2.02. The SMILES string of the molecule is C[C@H](NCl)c1cc[nH]n1. The van der Waals surface area contributed by atoms with Crippen LogP contribution in [0, 0.1) is 0 Å². The molecule has 0 fully saturated rings. The van der Waals surface area contributed by atoms with Gasteiger partial charge in [0.2, 0.25) is 0 Å². The largest absolute Gasteiger partial charge is 0.285 e. The summed E-state index contributed by atoms with van der Waals surface area (Å²) in [5.74, 6) is 0. The maximum absolute atomic E-state index is 5.34. The van der Waals surface area contributed by atoms with Gasteiger partial charge in [-0.3, -0.25) is 5.10 Å². The molecule has 0 aromatic carbocycles. The van der Waals surface area contributed by atoms with Gasteiger partial charge in [0.15, 0.2) is 0 Å². The molecule has 0 spiro atoms. The Balaban J connectivity index is 2.65. The lowest BCUT2D eigenvalue weighted by molar-refractivity contribution is 0.711.